The minimum atomic E-state index is 0.116. The normalized spacial score (nSPS) is 10.7. The number of hydrogen-bond donors (Lipinski definition) is 3. The number of aromatic nitrogens is 4. The monoisotopic (exact) mass is 331 g/mol. The number of nitrogens with two attached hydrogens (primary N) is 1. The summed E-state index contributed by atoms with van der Waals surface area (Å²) in [6.07, 6.45) is 1.62. The fourth-order valence-electron chi connectivity index (χ4n) is 1.79. The van der Waals surface area contributed by atoms with E-state index < -0.39 is 0 Å². The van der Waals surface area contributed by atoms with Gasteiger partial charge in [0.15, 0.2) is 5.82 Å². The lowest BCUT2D eigenvalue weighted by atomic mass is 10.2. The largest absolute Gasteiger partial charge is 0.507 e. The molecule has 2 heterocycles. The van der Waals surface area contributed by atoms with Crippen molar-refractivity contribution in [2.24, 2.45) is 0 Å². The number of anilines is 1. The van der Waals surface area contributed by atoms with Crippen LogP contribution in [0.1, 0.15) is 0 Å². The van der Waals surface area contributed by atoms with Crippen molar-refractivity contribution in [3.8, 4) is 28.7 Å². The third-order valence-corrected chi connectivity index (χ3v) is 3.24. The predicted octanol–water partition coefficient (Wildman–Crippen LogP) is 2.58. The summed E-state index contributed by atoms with van der Waals surface area (Å²) < 4.78 is 0.834. The van der Waals surface area contributed by atoms with E-state index >= 15 is 0 Å². The van der Waals surface area contributed by atoms with E-state index in [4.69, 9.17) is 5.73 Å². The molecule has 0 saturated heterocycles. The van der Waals surface area contributed by atoms with Crippen molar-refractivity contribution in [3.05, 3.63) is 41.0 Å². The zero-order valence-electron chi connectivity index (χ0n) is 10.2. The first kappa shape index (κ1) is 12.6. The van der Waals surface area contributed by atoms with Gasteiger partial charge in [-0.15, -0.1) is 0 Å². The zero-order valence-corrected chi connectivity index (χ0v) is 11.8. The SMILES string of the molecule is Nc1cccnc1-c1n[nH]c(-c2cc(Br)ccc2O)n1. The molecular formula is C13H10BrN5O. The summed E-state index contributed by atoms with van der Waals surface area (Å²) in [6.45, 7) is 0. The Morgan fingerprint density at radius 2 is 2.10 bits per heavy atom. The van der Waals surface area contributed by atoms with Gasteiger partial charge in [-0.1, -0.05) is 15.9 Å². The first-order valence-electron chi connectivity index (χ1n) is 5.77. The molecule has 100 valence electrons. The van der Waals surface area contributed by atoms with Crippen molar-refractivity contribution >= 4 is 21.6 Å². The van der Waals surface area contributed by atoms with Crippen LogP contribution >= 0.6 is 15.9 Å². The lowest BCUT2D eigenvalue weighted by Crippen LogP contribution is -1.93. The molecule has 0 atom stereocenters. The van der Waals surface area contributed by atoms with Crippen LogP contribution in [0.15, 0.2) is 41.0 Å². The molecule has 0 spiro atoms. The number of nitrogens with zero attached hydrogens (tertiary/aromatic N) is 3. The molecule has 0 saturated carbocycles. The molecule has 0 bridgehead atoms. The molecule has 7 heteroatoms. The number of pyridine rings is 1. The maximum absolute atomic E-state index is 9.87. The Morgan fingerprint density at radius 3 is 2.90 bits per heavy atom. The highest BCUT2D eigenvalue weighted by Crippen LogP contribution is 2.30. The second-order valence-electron chi connectivity index (χ2n) is 4.11. The molecule has 6 nitrogen and oxygen atoms in total. The predicted molar refractivity (Wildman–Crippen MR) is 78.8 cm³/mol. The van der Waals surface area contributed by atoms with Crippen LogP contribution in [0.25, 0.3) is 22.9 Å². The van der Waals surface area contributed by atoms with Gasteiger partial charge in [-0.25, -0.2) is 4.98 Å². The minimum Gasteiger partial charge on any atom is -0.507 e. The van der Waals surface area contributed by atoms with Crippen molar-refractivity contribution in [1.29, 1.82) is 0 Å². The molecule has 0 amide bonds. The van der Waals surface area contributed by atoms with E-state index in [1.165, 1.54) is 0 Å². The molecule has 0 radical (unpaired) electrons. The van der Waals surface area contributed by atoms with Gasteiger partial charge in [0.05, 0.1) is 11.3 Å². The Balaban J connectivity index is 2.07. The number of rotatable bonds is 2. The first-order valence-corrected chi connectivity index (χ1v) is 6.56. The summed E-state index contributed by atoms with van der Waals surface area (Å²) in [5.41, 5.74) is 7.39. The van der Waals surface area contributed by atoms with Crippen LogP contribution in [0.5, 0.6) is 5.75 Å². The molecule has 3 rings (SSSR count). The molecule has 20 heavy (non-hydrogen) atoms. The highest BCUT2D eigenvalue weighted by Gasteiger charge is 2.13. The summed E-state index contributed by atoms with van der Waals surface area (Å²) in [5, 5.41) is 16.7. The molecule has 4 N–H and O–H groups in total. The zero-order chi connectivity index (χ0) is 14.1. The van der Waals surface area contributed by atoms with E-state index in [1.54, 1.807) is 36.5 Å². The number of benzene rings is 1. The number of halogens is 1. The summed E-state index contributed by atoms with van der Waals surface area (Å²) in [7, 11) is 0. The number of nitrogens with one attached hydrogen (secondary N) is 1. The molecule has 0 fully saturated rings. The van der Waals surface area contributed by atoms with Gasteiger partial charge in [-0.2, -0.15) is 5.10 Å². The molecule has 0 aliphatic rings. The van der Waals surface area contributed by atoms with Gasteiger partial charge < -0.3 is 10.8 Å². The molecule has 0 aliphatic heterocycles. The minimum absolute atomic E-state index is 0.116. The Kier molecular flexibility index (Phi) is 3.11. The Morgan fingerprint density at radius 1 is 1.25 bits per heavy atom. The van der Waals surface area contributed by atoms with E-state index in [1.807, 2.05) is 0 Å². The van der Waals surface area contributed by atoms with E-state index in [0.29, 0.717) is 28.6 Å². The maximum Gasteiger partial charge on any atom is 0.202 e. The first-order chi connectivity index (χ1) is 9.65. The van der Waals surface area contributed by atoms with Gasteiger partial charge in [0.1, 0.15) is 11.4 Å². The Labute approximate surface area is 122 Å². The number of nitrogen functional groups attached to an aromatic ring is 1. The smallest absolute Gasteiger partial charge is 0.202 e. The van der Waals surface area contributed by atoms with Crippen LogP contribution in [0.2, 0.25) is 0 Å². The van der Waals surface area contributed by atoms with Crippen molar-refractivity contribution < 1.29 is 5.11 Å². The van der Waals surface area contributed by atoms with E-state index in [-0.39, 0.29) is 5.75 Å². The summed E-state index contributed by atoms with van der Waals surface area (Å²) in [5.74, 6) is 0.950. The second-order valence-corrected chi connectivity index (χ2v) is 5.03. The third kappa shape index (κ3) is 2.23. The average Bonchev–Trinajstić information content (AvgIpc) is 2.91. The summed E-state index contributed by atoms with van der Waals surface area (Å²) in [4.78, 5) is 8.48. The number of H-pyrrole nitrogens is 1. The number of phenolic OH excluding ortho intramolecular Hbond substituents is 1. The fraction of sp³-hybridized carbons (Fsp3) is 0. The lowest BCUT2D eigenvalue weighted by Gasteiger charge is -2.01. The topological polar surface area (TPSA) is 101 Å². The van der Waals surface area contributed by atoms with Crippen LogP contribution in [0.4, 0.5) is 5.69 Å². The van der Waals surface area contributed by atoms with Crippen LogP contribution in [0.3, 0.4) is 0 Å². The maximum atomic E-state index is 9.87. The lowest BCUT2D eigenvalue weighted by molar-refractivity contribution is 0.477. The van der Waals surface area contributed by atoms with Crippen LogP contribution in [0, 0.1) is 0 Å². The Hall–Kier alpha value is -2.41. The summed E-state index contributed by atoms with van der Waals surface area (Å²) in [6, 6.07) is 8.55. The highest BCUT2D eigenvalue weighted by molar-refractivity contribution is 9.10. The van der Waals surface area contributed by atoms with Crippen LogP contribution in [-0.4, -0.2) is 25.3 Å². The number of hydrogen-bond acceptors (Lipinski definition) is 5. The van der Waals surface area contributed by atoms with Crippen LogP contribution in [-0.2, 0) is 0 Å². The summed E-state index contributed by atoms with van der Waals surface area (Å²) >= 11 is 3.35. The van der Waals surface area contributed by atoms with Crippen molar-refractivity contribution in [2.75, 3.05) is 5.73 Å². The molecule has 2 aromatic heterocycles. The van der Waals surface area contributed by atoms with Gasteiger partial charge in [-0.3, -0.25) is 10.1 Å². The van der Waals surface area contributed by atoms with E-state index in [2.05, 4.69) is 36.1 Å². The van der Waals surface area contributed by atoms with Crippen molar-refractivity contribution in [1.82, 2.24) is 20.2 Å². The standard InChI is InChI=1S/C13H10BrN5O/c14-7-3-4-10(20)8(6-7)12-17-13(19-18-12)11-9(15)2-1-5-16-11/h1-6,20H,15H2,(H,17,18,19). The Bertz CT molecular complexity index is 771. The average molecular weight is 332 g/mol. The van der Waals surface area contributed by atoms with Crippen molar-refractivity contribution in [3.63, 3.8) is 0 Å². The van der Waals surface area contributed by atoms with Gasteiger partial charge in [-0.05, 0) is 30.3 Å². The van der Waals surface area contributed by atoms with Gasteiger partial charge in [0.25, 0.3) is 0 Å². The van der Waals surface area contributed by atoms with Gasteiger partial charge >= 0.3 is 0 Å². The third-order valence-electron chi connectivity index (χ3n) is 2.75. The number of aromatic amines is 1. The van der Waals surface area contributed by atoms with E-state index in [0.717, 1.165) is 4.47 Å². The quantitative estimate of drug-likeness (QED) is 0.670. The van der Waals surface area contributed by atoms with Gasteiger partial charge in [0.2, 0.25) is 5.82 Å². The molecule has 1 aromatic carbocycles. The molecular weight excluding hydrogens is 322 g/mol. The fourth-order valence-corrected chi connectivity index (χ4v) is 2.15. The second kappa shape index (κ2) is 4.93. The van der Waals surface area contributed by atoms with Gasteiger partial charge in [0, 0.05) is 10.7 Å². The molecule has 3 aromatic rings. The molecule has 0 aliphatic carbocycles. The number of aromatic hydroxyl groups is 1. The van der Waals surface area contributed by atoms with Crippen LogP contribution < -0.4 is 5.73 Å². The van der Waals surface area contributed by atoms with Crippen molar-refractivity contribution in [2.45, 2.75) is 0 Å². The highest BCUT2D eigenvalue weighted by atomic mass is 79.9. The van der Waals surface area contributed by atoms with E-state index in [9.17, 15) is 5.11 Å². The molecule has 0 unspecified atom stereocenters. The number of phenols is 1.